The summed E-state index contributed by atoms with van der Waals surface area (Å²) in [7, 11) is 0. The van der Waals surface area contributed by atoms with Gasteiger partial charge in [0.15, 0.2) is 0 Å². The third kappa shape index (κ3) is 2.27. The van der Waals surface area contributed by atoms with Gasteiger partial charge in [-0.25, -0.2) is 0 Å². The minimum Gasteiger partial charge on any atom is -0.368 e. The lowest BCUT2D eigenvalue weighted by atomic mass is 10.2. The summed E-state index contributed by atoms with van der Waals surface area (Å²) in [5.41, 5.74) is 0.902. The predicted octanol–water partition coefficient (Wildman–Crippen LogP) is 0.916. The van der Waals surface area contributed by atoms with Gasteiger partial charge < -0.3 is 10.1 Å². The lowest BCUT2D eigenvalue weighted by Gasteiger charge is -2.16. The van der Waals surface area contributed by atoms with Crippen LogP contribution in [0.25, 0.3) is 0 Å². The van der Waals surface area contributed by atoms with Crippen molar-refractivity contribution in [2.45, 2.75) is 25.6 Å². The van der Waals surface area contributed by atoms with Crippen LogP contribution in [0, 0.1) is 0 Å². The minimum absolute atomic E-state index is 0.0357. The summed E-state index contributed by atoms with van der Waals surface area (Å²) in [5.74, 6) is 0. The number of hydrogen-bond acceptors (Lipinski definition) is 4. The molecule has 2 heterocycles. The fourth-order valence-electron chi connectivity index (χ4n) is 1.62. The van der Waals surface area contributed by atoms with Crippen LogP contribution in [0.4, 0.5) is 0 Å². The molecule has 1 N–H and O–H groups in total. The van der Waals surface area contributed by atoms with Gasteiger partial charge in [-0.05, 0) is 19.9 Å². The molecular weight excluding hydrogens is 178 g/mol. The molecule has 0 aromatic carbocycles. The van der Waals surface area contributed by atoms with Crippen molar-refractivity contribution in [3.8, 4) is 0 Å². The molecule has 0 spiro atoms. The van der Waals surface area contributed by atoms with Crippen molar-refractivity contribution >= 4 is 0 Å². The topological polar surface area (TPSA) is 47.0 Å². The first-order valence-electron chi connectivity index (χ1n) is 4.98. The summed E-state index contributed by atoms with van der Waals surface area (Å²) in [5, 5.41) is 3.27. The molecule has 1 fully saturated rings. The zero-order chi connectivity index (χ0) is 9.80. The van der Waals surface area contributed by atoms with E-state index in [4.69, 9.17) is 4.74 Å². The van der Waals surface area contributed by atoms with Crippen molar-refractivity contribution in [2.24, 2.45) is 0 Å². The first-order chi connectivity index (χ1) is 6.86. The normalized spacial score (nSPS) is 23.6. The Kier molecular flexibility index (Phi) is 3.06. The Labute approximate surface area is 83.7 Å². The van der Waals surface area contributed by atoms with Crippen LogP contribution in [0.5, 0.6) is 0 Å². The summed E-state index contributed by atoms with van der Waals surface area (Å²) >= 11 is 0. The zero-order valence-electron chi connectivity index (χ0n) is 8.31. The molecule has 1 aromatic rings. The molecule has 0 unspecified atom stereocenters. The fourth-order valence-corrected chi connectivity index (χ4v) is 1.62. The van der Waals surface area contributed by atoms with Crippen LogP contribution < -0.4 is 5.32 Å². The van der Waals surface area contributed by atoms with Crippen molar-refractivity contribution in [3.63, 3.8) is 0 Å². The van der Waals surface area contributed by atoms with E-state index in [-0.39, 0.29) is 6.10 Å². The van der Waals surface area contributed by atoms with Gasteiger partial charge in [-0.3, -0.25) is 9.97 Å². The maximum absolute atomic E-state index is 5.83. The third-order valence-electron chi connectivity index (χ3n) is 2.41. The van der Waals surface area contributed by atoms with Crippen LogP contribution in [-0.2, 0) is 4.74 Å². The van der Waals surface area contributed by atoms with Crippen molar-refractivity contribution in [1.29, 1.82) is 0 Å². The van der Waals surface area contributed by atoms with Crippen LogP contribution in [0.2, 0.25) is 0 Å². The van der Waals surface area contributed by atoms with E-state index < -0.39 is 0 Å². The molecule has 1 saturated heterocycles. The van der Waals surface area contributed by atoms with Gasteiger partial charge in [-0.1, -0.05) is 0 Å². The molecule has 0 saturated carbocycles. The third-order valence-corrected chi connectivity index (χ3v) is 2.41. The van der Waals surface area contributed by atoms with Crippen LogP contribution >= 0.6 is 0 Å². The number of rotatable bonds is 3. The molecule has 0 amide bonds. The van der Waals surface area contributed by atoms with E-state index in [9.17, 15) is 0 Å². The summed E-state index contributed by atoms with van der Waals surface area (Å²) in [6.07, 6.45) is 6.58. The molecular formula is C10H15N3O. The highest BCUT2D eigenvalue weighted by Crippen LogP contribution is 2.17. The molecule has 1 aliphatic heterocycles. The first kappa shape index (κ1) is 9.55. The van der Waals surface area contributed by atoms with Crippen molar-refractivity contribution in [3.05, 3.63) is 24.3 Å². The van der Waals surface area contributed by atoms with E-state index >= 15 is 0 Å². The number of aromatic nitrogens is 2. The van der Waals surface area contributed by atoms with Gasteiger partial charge in [0.25, 0.3) is 0 Å². The summed E-state index contributed by atoms with van der Waals surface area (Å²) in [6, 6.07) is 0. The highest BCUT2D eigenvalue weighted by Gasteiger charge is 2.18. The van der Waals surface area contributed by atoms with Crippen molar-refractivity contribution in [2.75, 3.05) is 13.1 Å². The Balaban J connectivity index is 1.92. The Morgan fingerprint density at radius 3 is 3.14 bits per heavy atom. The van der Waals surface area contributed by atoms with Crippen molar-refractivity contribution < 1.29 is 4.74 Å². The van der Waals surface area contributed by atoms with E-state index in [0.717, 1.165) is 25.2 Å². The quantitative estimate of drug-likeness (QED) is 0.775. The second-order valence-corrected chi connectivity index (χ2v) is 3.52. The number of nitrogens with one attached hydrogen (secondary N) is 1. The highest BCUT2D eigenvalue weighted by molar-refractivity contribution is 4.98. The molecule has 4 nitrogen and oxygen atoms in total. The average Bonchev–Trinajstić information content (AvgIpc) is 2.72. The molecule has 0 aliphatic carbocycles. The Morgan fingerprint density at radius 2 is 2.50 bits per heavy atom. The van der Waals surface area contributed by atoms with Crippen LogP contribution in [0.1, 0.15) is 25.1 Å². The van der Waals surface area contributed by atoms with Crippen LogP contribution in [0.3, 0.4) is 0 Å². The Hall–Kier alpha value is -1.00. The lowest BCUT2D eigenvalue weighted by Crippen LogP contribution is -2.19. The molecule has 14 heavy (non-hydrogen) atoms. The zero-order valence-corrected chi connectivity index (χ0v) is 8.31. The predicted molar refractivity (Wildman–Crippen MR) is 52.8 cm³/mol. The Bertz CT molecular complexity index is 272. The van der Waals surface area contributed by atoms with E-state index in [0.29, 0.717) is 6.10 Å². The molecule has 1 aliphatic rings. The number of hydrogen-bond donors (Lipinski definition) is 1. The fraction of sp³-hybridized carbons (Fsp3) is 0.600. The maximum atomic E-state index is 5.83. The van der Waals surface area contributed by atoms with Gasteiger partial charge in [-0.15, -0.1) is 0 Å². The second kappa shape index (κ2) is 4.48. The van der Waals surface area contributed by atoms with Gasteiger partial charge >= 0.3 is 0 Å². The minimum atomic E-state index is 0.0357. The standard InChI is InChI=1S/C10H15N3O/c1-8(10-7-12-4-5-13-10)14-9-2-3-11-6-9/h4-5,7-9,11H,2-3,6H2,1H3/t8-,9+/m1/s1. The number of ether oxygens (including phenoxy) is 1. The van der Waals surface area contributed by atoms with E-state index in [2.05, 4.69) is 15.3 Å². The smallest absolute Gasteiger partial charge is 0.0986 e. The highest BCUT2D eigenvalue weighted by atomic mass is 16.5. The first-order valence-corrected chi connectivity index (χ1v) is 4.98. The summed E-state index contributed by atoms with van der Waals surface area (Å²) in [6.45, 7) is 4.02. The molecule has 2 atom stereocenters. The average molecular weight is 193 g/mol. The van der Waals surface area contributed by atoms with E-state index in [1.54, 1.807) is 18.6 Å². The van der Waals surface area contributed by atoms with Gasteiger partial charge in [0, 0.05) is 18.9 Å². The Morgan fingerprint density at radius 1 is 1.57 bits per heavy atom. The second-order valence-electron chi connectivity index (χ2n) is 3.52. The maximum Gasteiger partial charge on any atom is 0.0986 e. The summed E-state index contributed by atoms with van der Waals surface area (Å²) in [4.78, 5) is 8.24. The molecule has 0 radical (unpaired) electrons. The van der Waals surface area contributed by atoms with Gasteiger partial charge in [0.05, 0.1) is 24.1 Å². The van der Waals surface area contributed by atoms with E-state index in [1.807, 2.05) is 6.92 Å². The molecule has 76 valence electrons. The summed E-state index contributed by atoms with van der Waals surface area (Å²) < 4.78 is 5.83. The molecule has 4 heteroatoms. The van der Waals surface area contributed by atoms with Gasteiger partial charge in [-0.2, -0.15) is 0 Å². The van der Waals surface area contributed by atoms with Crippen LogP contribution in [-0.4, -0.2) is 29.2 Å². The molecule has 2 rings (SSSR count). The number of nitrogens with zero attached hydrogens (tertiary/aromatic N) is 2. The molecule has 0 bridgehead atoms. The molecule has 1 aromatic heterocycles. The lowest BCUT2D eigenvalue weighted by molar-refractivity contribution is 0.00582. The monoisotopic (exact) mass is 193 g/mol. The van der Waals surface area contributed by atoms with Gasteiger partial charge in [0.1, 0.15) is 0 Å². The van der Waals surface area contributed by atoms with Gasteiger partial charge in [0.2, 0.25) is 0 Å². The SMILES string of the molecule is C[C@@H](O[C@H]1CCNC1)c1cnccn1. The van der Waals surface area contributed by atoms with Crippen molar-refractivity contribution in [1.82, 2.24) is 15.3 Å². The largest absolute Gasteiger partial charge is 0.368 e. The van der Waals surface area contributed by atoms with Crippen LogP contribution in [0.15, 0.2) is 18.6 Å². The van der Waals surface area contributed by atoms with E-state index in [1.165, 1.54) is 0 Å².